The highest BCUT2D eigenvalue weighted by molar-refractivity contribution is 5.84. The minimum Gasteiger partial charge on any atom is -0.462 e. The zero-order chi connectivity index (χ0) is 23.5. The van der Waals surface area contributed by atoms with Crippen molar-refractivity contribution in [3.8, 4) is 0 Å². The largest absolute Gasteiger partial charge is 0.462 e. The molecule has 1 saturated heterocycles. The predicted octanol–water partition coefficient (Wildman–Crippen LogP) is 0.514. The average molecular weight is 433 g/mol. The number of rotatable bonds is 2. The summed E-state index contributed by atoms with van der Waals surface area (Å²) in [7, 11) is 0. The molecular formula is C22H40O8. The third-order valence-electron chi connectivity index (χ3n) is 7.43. The average Bonchev–Trinajstić information content (AvgIpc) is 2.72. The van der Waals surface area contributed by atoms with Crippen LogP contribution in [-0.2, 0) is 14.3 Å². The third-order valence-corrected chi connectivity index (χ3v) is 7.43. The van der Waals surface area contributed by atoms with Crippen molar-refractivity contribution in [2.45, 2.75) is 84.9 Å². The van der Waals surface area contributed by atoms with Gasteiger partial charge in [-0.25, -0.2) is 0 Å². The molecule has 176 valence electrons. The van der Waals surface area contributed by atoms with Crippen LogP contribution in [0.5, 0.6) is 0 Å². The number of ether oxygens (including phenoxy) is 1. The van der Waals surface area contributed by atoms with Crippen molar-refractivity contribution in [2.75, 3.05) is 6.61 Å². The number of hydrogen-bond donors (Lipinski definition) is 5. The number of aliphatic hydroxyl groups is 5. The number of ketones is 1. The second-order valence-electron chi connectivity index (χ2n) is 9.31. The van der Waals surface area contributed by atoms with Crippen LogP contribution in [0.15, 0.2) is 0 Å². The van der Waals surface area contributed by atoms with Crippen molar-refractivity contribution >= 4 is 11.8 Å². The normalized spacial score (nSPS) is 47.5. The van der Waals surface area contributed by atoms with E-state index in [1.54, 1.807) is 27.7 Å². The molecule has 1 fully saturated rings. The van der Waals surface area contributed by atoms with Gasteiger partial charge in [-0.05, 0) is 32.1 Å². The third kappa shape index (κ3) is 5.22. The summed E-state index contributed by atoms with van der Waals surface area (Å²) in [5.74, 6) is -6.35. The van der Waals surface area contributed by atoms with E-state index >= 15 is 0 Å². The number of carbonyl (C=O) groups is 2. The monoisotopic (exact) mass is 432 g/mol. The molecule has 0 bridgehead atoms. The highest BCUT2D eigenvalue weighted by Crippen LogP contribution is 2.36. The fourth-order valence-electron chi connectivity index (χ4n) is 4.45. The van der Waals surface area contributed by atoms with E-state index in [0.29, 0.717) is 6.42 Å². The van der Waals surface area contributed by atoms with Gasteiger partial charge in [-0.3, -0.25) is 9.59 Å². The van der Waals surface area contributed by atoms with Crippen molar-refractivity contribution in [1.29, 1.82) is 0 Å². The van der Waals surface area contributed by atoms with E-state index in [1.165, 1.54) is 20.8 Å². The SMILES string of the molecule is CC[C@H]1OC(=O)[C@H](C)[C@@H](O)[C@H](C)[C@@H](C)[C@](C)(O)C(O)[C@@H](CO)C(=O)[C@H](C)[C@@H](O)[C@H]1C. The molecule has 8 nitrogen and oxygen atoms in total. The Labute approximate surface area is 179 Å². The Morgan fingerprint density at radius 2 is 1.43 bits per heavy atom. The van der Waals surface area contributed by atoms with Crippen LogP contribution in [0.2, 0.25) is 0 Å². The molecule has 0 aliphatic carbocycles. The van der Waals surface area contributed by atoms with Crippen LogP contribution in [0.1, 0.15) is 54.9 Å². The molecule has 0 saturated carbocycles. The maximum Gasteiger partial charge on any atom is 0.311 e. The van der Waals surface area contributed by atoms with Crippen LogP contribution in [-0.4, -0.2) is 73.9 Å². The Bertz CT molecular complexity index is 592. The number of esters is 1. The summed E-state index contributed by atoms with van der Waals surface area (Å²) in [6, 6.07) is 0. The Balaban J connectivity index is 3.48. The lowest BCUT2D eigenvalue weighted by atomic mass is 9.69. The molecule has 0 aromatic carbocycles. The first kappa shape index (κ1) is 27.0. The second kappa shape index (κ2) is 10.5. The molecule has 0 aromatic heterocycles. The first-order chi connectivity index (χ1) is 13.7. The van der Waals surface area contributed by atoms with Gasteiger partial charge in [0.1, 0.15) is 11.9 Å². The molecule has 1 aliphatic heterocycles. The van der Waals surface area contributed by atoms with Gasteiger partial charge in [0.15, 0.2) is 0 Å². The van der Waals surface area contributed by atoms with Crippen LogP contribution in [0, 0.1) is 35.5 Å². The van der Waals surface area contributed by atoms with Crippen molar-refractivity contribution in [3.63, 3.8) is 0 Å². The quantitative estimate of drug-likeness (QED) is 0.397. The van der Waals surface area contributed by atoms with Gasteiger partial charge in [0, 0.05) is 11.8 Å². The standard InChI is InChI=1S/C22H40O8/c1-8-16-11(3)18(25)12(4)19(26)15(9-23)20(27)22(7,29)14(6)10(2)17(24)13(5)21(28)30-16/h10-18,20,23-25,27,29H,8-9H2,1-7H3/t10-,11+,12-,13-,14-,15+,16-,17+,18+,20?,22+/m1/s1. The lowest BCUT2D eigenvalue weighted by Gasteiger charge is -2.43. The molecule has 11 atom stereocenters. The van der Waals surface area contributed by atoms with E-state index in [9.17, 15) is 35.1 Å². The zero-order valence-corrected chi connectivity index (χ0v) is 19.1. The van der Waals surface area contributed by atoms with E-state index in [4.69, 9.17) is 4.74 Å². The van der Waals surface area contributed by atoms with Crippen molar-refractivity contribution in [3.05, 3.63) is 0 Å². The number of Topliss-reactive ketones (excluding diaryl/α,β-unsaturated/α-hetero) is 1. The summed E-state index contributed by atoms with van der Waals surface area (Å²) in [6.07, 6.45) is -4.26. The predicted molar refractivity (Wildman–Crippen MR) is 110 cm³/mol. The number of carbonyl (C=O) groups excluding carboxylic acids is 2. The first-order valence-corrected chi connectivity index (χ1v) is 10.8. The van der Waals surface area contributed by atoms with Crippen LogP contribution in [0.3, 0.4) is 0 Å². The maximum atomic E-state index is 13.0. The summed E-state index contributed by atoms with van der Waals surface area (Å²) in [5, 5.41) is 53.3. The molecule has 1 heterocycles. The van der Waals surface area contributed by atoms with Gasteiger partial charge in [0.25, 0.3) is 0 Å². The summed E-state index contributed by atoms with van der Waals surface area (Å²) in [6.45, 7) is 10.4. The number of hydrogen-bond acceptors (Lipinski definition) is 8. The molecule has 0 amide bonds. The van der Waals surface area contributed by atoms with Gasteiger partial charge < -0.3 is 30.3 Å². The molecular weight excluding hydrogens is 392 g/mol. The first-order valence-electron chi connectivity index (χ1n) is 10.8. The zero-order valence-electron chi connectivity index (χ0n) is 19.1. The van der Waals surface area contributed by atoms with Crippen LogP contribution in [0.25, 0.3) is 0 Å². The van der Waals surface area contributed by atoms with Gasteiger partial charge in [0.2, 0.25) is 0 Å². The van der Waals surface area contributed by atoms with E-state index in [1.807, 2.05) is 0 Å². The topological polar surface area (TPSA) is 145 Å². The van der Waals surface area contributed by atoms with E-state index in [0.717, 1.165) is 0 Å². The second-order valence-corrected chi connectivity index (χ2v) is 9.31. The molecule has 8 heteroatoms. The molecule has 30 heavy (non-hydrogen) atoms. The van der Waals surface area contributed by atoms with Crippen LogP contribution < -0.4 is 0 Å². The minimum atomic E-state index is -1.85. The molecule has 5 N–H and O–H groups in total. The van der Waals surface area contributed by atoms with Gasteiger partial charge in [0.05, 0.1) is 42.4 Å². The number of aliphatic hydroxyl groups excluding tert-OH is 4. The smallest absolute Gasteiger partial charge is 0.311 e. The van der Waals surface area contributed by atoms with Gasteiger partial charge in [-0.15, -0.1) is 0 Å². The molecule has 0 spiro atoms. The van der Waals surface area contributed by atoms with Crippen molar-refractivity contribution < 1.29 is 39.9 Å². The van der Waals surface area contributed by atoms with Crippen LogP contribution >= 0.6 is 0 Å². The lowest BCUT2D eigenvalue weighted by molar-refractivity contribution is -0.176. The van der Waals surface area contributed by atoms with Crippen molar-refractivity contribution in [1.82, 2.24) is 0 Å². The Kier molecular flexibility index (Phi) is 9.44. The van der Waals surface area contributed by atoms with Crippen LogP contribution in [0.4, 0.5) is 0 Å². The Hall–Kier alpha value is -1.06. The summed E-state index contributed by atoms with van der Waals surface area (Å²) in [5.41, 5.74) is -1.85. The van der Waals surface area contributed by atoms with Crippen molar-refractivity contribution in [2.24, 2.45) is 35.5 Å². The maximum absolute atomic E-state index is 13.0. The summed E-state index contributed by atoms with van der Waals surface area (Å²) in [4.78, 5) is 25.7. The van der Waals surface area contributed by atoms with Gasteiger partial charge >= 0.3 is 5.97 Å². The Morgan fingerprint density at radius 3 is 1.90 bits per heavy atom. The molecule has 0 radical (unpaired) electrons. The molecule has 1 aliphatic rings. The van der Waals surface area contributed by atoms with E-state index in [-0.39, 0.29) is 0 Å². The fourth-order valence-corrected chi connectivity index (χ4v) is 4.45. The van der Waals surface area contributed by atoms with Gasteiger partial charge in [-0.2, -0.15) is 0 Å². The van der Waals surface area contributed by atoms with E-state index < -0.39 is 83.9 Å². The highest BCUT2D eigenvalue weighted by atomic mass is 16.5. The highest BCUT2D eigenvalue weighted by Gasteiger charge is 2.49. The molecule has 1 unspecified atom stereocenters. The van der Waals surface area contributed by atoms with E-state index in [2.05, 4.69) is 0 Å². The summed E-state index contributed by atoms with van der Waals surface area (Å²) < 4.78 is 5.57. The molecule has 0 aromatic rings. The van der Waals surface area contributed by atoms with Gasteiger partial charge in [-0.1, -0.05) is 34.6 Å². The lowest BCUT2D eigenvalue weighted by Crippen LogP contribution is -2.56. The minimum absolute atomic E-state index is 0.403. The summed E-state index contributed by atoms with van der Waals surface area (Å²) >= 11 is 0. The molecule has 1 rings (SSSR count). The fraction of sp³-hybridized carbons (Fsp3) is 0.909. The number of cyclic esters (lactones) is 1. The Morgan fingerprint density at radius 1 is 0.933 bits per heavy atom.